The summed E-state index contributed by atoms with van der Waals surface area (Å²) in [4.78, 5) is 22.6. The molecule has 2 aliphatic heterocycles. The maximum absolute atomic E-state index is 12.8. The van der Waals surface area contributed by atoms with Crippen molar-refractivity contribution in [3.63, 3.8) is 0 Å². The van der Waals surface area contributed by atoms with Crippen molar-refractivity contribution < 1.29 is 38.0 Å². The molecule has 0 N–H and O–H groups in total. The minimum atomic E-state index is -0.317. The molecule has 312 valence electrons. The number of methoxy groups -OCH3 is 5. The fourth-order valence-electron chi connectivity index (χ4n) is 7.59. The number of carbonyl (C=O) groups excluding carboxylic acids is 1. The van der Waals surface area contributed by atoms with Gasteiger partial charge in [-0.1, -0.05) is 18.2 Å². The van der Waals surface area contributed by atoms with Gasteiger partial charge in [0.15, 0.2) is 34.5 Å². The molecule has 59 heavy (non-hydrogen) atoms. The van der Waals surface area contributed by atoms with Crippen LogP contribution >= 0.6 is 11.3 Å². The summed E-state index contributed by atoms with van der Waals surface area (Å²) in [5.41, 5.74) is 4.45. The standard InChI is InChI=1S/C45H53N5O8S/c1-30(51)50-36(29-35(47-50)33-27-41(54-4)44(56-6)42(28-33)55-5)31-13-15-37(52-2)40(25-31)58-24-10-18-49-21-19-48(20-22-49)17-9-23-57-38-16-14-32(26-39(38)53-3)45-46-34-11-7-8-12-43(34)59-45/h7-8,11-16,25-28,36H,9-10,17-24,29H2,1-6H3. The Balaban J connectivity index is 0.857. The molecule has 4 aromatic carbocycles. The number of hydrogen-bond donors (Lipinski definition) is 0. The van der Waals surface area contributed by atoms with E-state index in [1.54, 1.807) is 46.9 Å². The van der Waals surface area contributed by atoms with Gasteiger partial charge in [0.1, 0.15) is 5.01 Å². The maximum Gasteiger partial charge on any atom is 0.240 e. The van der Waals surface area contributed by atoms with Crippen molar-refractivity contribution in [2.45, 2.75) is 32.2 Å². The second-order valence-corrected chi connectivity index (χ2v) is 15.4. The zero-order chi connectivity index (χ0) is 41.3. The third kappa shape index (κ3) is 9.67. The fourth-order valence-corrected chi connectivity index (χ4v) is 8.55. The number of nitrogens with zero attached hydrogens (tertiary/aromatic N) is 5. The van der Waals surface area contributed by atoms with Crippen LogP contribution in [-0.4, -0.2) is 119 Å². The number of fused-ring (bicyclic) bond motifs is 1. The Bertz CT molecular complexity index is 2200. The molecular weight excluding hydrogens is 771 g/mol. The monoisotopic (exact) mass is 823 g/mol. The second-order valence-electron chi connectivity index (χ2n) is 14.4. The molecule has 1 unspecified atom stereocenters. The summed E-state index contributed by atoms with van der Waals surface area (Å²) in [5, 5.41) is 7.23. The molecule has 3 heterocycles. The topological polar surface area (TPSA) is 117 Å². The Kier molecular flexibility index (Phi) is 13.7. The van der Waals surface area contributed by atoms with Crippen LogP contribution in [0.3, 0.4) is 0 Å². The first-order valence-corrected chi connectivity index (χ1v) is 20.7. The molecular formula is C45H53N5O8S. The van der Waals surface area contributed by atoms with Crippen LogP contribution in [0.15, 0.2) is 77.9 Å². The van der Waals surface area contributed by atoms with Gasteiger partial charge in [-0.05, 0) is 73.0 Å². The average Bonchev–Trinajstić information content (AvgIpc) is 3.93. The molecule has 0 saturated carbocycles. The van der Waals surface area contributed by atoms with Crippen molar-refractivity contribution in [2.24, 2.45) is 5.10 Å². The molecule has 13 nitrogen and oxygen atoms in total. The maximum atomic E-state index is 12.8. The van der Waals surface area contributed by atoms with Gasteiger partial charge in [-0.2, -0.15) is 5.10 Å². The van der Waals surface area contributed by atoms with Crippen molar-refractivity contribution in [3.8, 4) is 50.8 Å². The van der Waals surface area contributed by atoms with E-state index in [0.29, 0.717) is 48.4 Å². The molecule has 0 aliphatic carbocycles. The van der Waals surface area contributed by atoms with Crippen LogP contribution in [0.2, 0.25) is 0 Å². The summed E-state index contributed by atoms with van der Waals surface area (Å²) in [6.45, 7) is 8.67. The lowest BCUT2D eigenvalue weighted by molar-refractivity contribution is -0.130. The van der Waals surface area contributed by atoms with Crippen LogP contribution in [0, 0.1) is 0 Å². The first-order chi connectivity index (χ1) is 28.8. The Morgan fingerprint density at radius 2 is 1.29 bits per heavy atom. The van der Waals surface area contributed by atoms with Crippen LogP contribution in [0.5, 0.6) is 40.2 Å². The van der Waals surface area contributed by atoms with E-state index >= 15 is 0 Å². The summed E-state index contributed by atoms with van der Waals surface area (Å²) < 4.78 is 41.6. The molecule has 1 atom stereocenters. The zero-order valence-corrected chi connectivity index (χ0v) is 35.5. The quantitative estimate of drug-likeness (QED) is 0.0816. The van der Waals surface area contributed by atoms with Gasteiger partial charge < -0.3 is 43.0 Å². The van der Waals surface area contributed by atoms with Crippen molar-refractivity contribution in [2.75, 3.05) is 88.0 Å². The van der Waals surface area contributed by atoms with E-state index in [-0.39, 0.29) is 11.9 Å². The lowest BCUT2D eigenvalue weighted by Gasteiger charge is -2.34. The molecule has 2 aliphatic rings. The Hall–Kier alpha value is -5.57. The van der Waals surface area contributed by atoms with Gasteiger partial charge >= 0.3 is 0 Å². The highest BCUT2D eigenvalue weighted by molar-refractivity contribution is 7.21. The lowest BCUT2D eigenvalue weighted by atomic mass is 9.97. The van der Waals surface area contributed by atoms with Crippen LogP contribution in [0.25, 0.3) is 20.8 Å². The molecule has 5 aromatic rings. The summed E-state index contributed by atoms with van der Waals surface area (Å²) in [7, 11) is 8.03. The third-order valence-corrected chi connectivity index (χ3v) is 11.8. The molecule has 7 rings (SSSR count). The minimum absolute atomic E-state index is 0.159. The van der Waals surface area contributed by atoms with E-state index in [0.717, 1.165) is 96.5 Å². The highest BCUT2D eigenvalue weighted by Crippen LogP contribution is 2.42. The predicted molar refractivity (Wildman–Crippen MR) is 230 cm³/mol. The summed E-state index contributed by atoms with van der Waals surface area (Å²) in [6.07, 6.45) is 2.30. The van der Waals surface area contributed by atoms with Gasteiger partial charge in [-0.3, -0.25) is 4.79 Å². The largest absolute Gasteiger partial charge is 0.493 e. The Morgan fingerprint density at radius 3 is 1.90 bits per heavy atom. The van der Waals surface area contributed by atoms with Crippen molar-refractivity contribution in [3.05, 3.63) is 83.9 Å². The van der Waals surface area contributed by atoms with Crippen LogP contribution < -0.4 is 33.2 Å². The number of aromatic nitrogens is 1. The van der Waals surface area contributed by atoms with Gasteiger partial charge in [0.25, 0.3) is 0 Å². The van der Waals surface area contributed by atoms with E-state index in [1.165, 1.54) is 16.6 Å². The van der Waals surface area contributed by atoms with Crippen molar-refractivity contribution >= 4 is 33.2 Å². The number of hydrazone groups is 1. The van der Waals surface area contributed by atoms with Crippen molar-refractivity contribution in [1.82, 2.24) is 19.8 Å². The SMILES string of the molecule is COc1cc(-c2nc3ccccc3s2)ccc1OCCCN1CCN(CCCOc2cc(C3CC(c4cc(OC)c(OC)c(OC)c4)=NN3C(C)=O)ccc2OC)CC1. The summed E-state index contributed by atoms with van der Waals surface area (Å²) in [6, 6.07) is 23.4. The second kappa shape index (κ2) is 19.5. The number of rotatable bonds is 18. The number of amides is 1. The highest BCUT2D eigenvalue weighted by atomic mass is 32.1. The van der Waals surface area contributed by atoms with E-state index < -0.39 is 0 Å². The smallest absolute Gasteiger partial charge is 0.240 e. The minimum Gasteiger partial charge on any atom is -0.493 e. The van der Waals surface area contributed by atoms with Gasteiger partial charge in [0.05, 0.1) is 70.7 Å². The molecule has 0 bridgehead atoms. The van der Waals surface area contributed by atoms with Crippen LogP contribution in [-0.2, 0) is 4.79 Å². The first kappa shape index (κ1) is 41.6. The average molecular weight is 824 g/mol. The van der Waals surface area contributed by atoms with Gasteiger partial charge in [-0.15, -0.1) is 11.3 Å². The normalized spacial score (nSPS) is 15.9. The molecule has 14 heteroatoms. The van der Waals surface area contributed by atoms with Gasteiger partial charge in [0, 0.05) is 63.7 Å². The number of thiazole rings is 1. The molecule has 0 spiro atoms. The van der Waals surface area contributed by atoms with E-state index in [2.05, 4.69) is 21.9 Å². The summed E-state index contributed by atoms with van der Waals surface area (Å²) >= 11 is 1.68. The number of piperazine rings is 1. The Labute approximate surface area is 350 Å². The van der Waals surface area contributed by atoms with Gasteiger partial charge in [0.2, 0.25) is 11.7 Å². The van der Waals surface area contributed by atoms with Gasteiger partial charge in [-0.25, -0.2) is 9.99 Å². The predicted octanol–water partition coefficient (Wildman–Crippen LogP) is 7.56. The highest BCUT2D eigenvalue weighted by Gasteiger charge is 2.33. The van der Waals surface area contributed by atoms with E-state index in [1.807, 2.05) is 60.7 Å². The molecule has 0 radical (unpaired) electrons. The number of ether oxygens (including phenoxy) is 7. The van der Waals surface area contributed by atoms with Crippen LogP contribution in [0.4, 0.5) is 0 Å². The van der Waals surface area contributed by atoms with E-state index in [9.17, 15) is 4.79 Å². The number of para-hydroxylation sites is 1. The molecule has 1 amide bonds. The molecule has 1 aromatic heterocycles. The molecule has 1 fully saturated rings. The summed E-state index contributed by atoms with van der Waals surface area (Å²) in [5.74, 6) is 4.13. The first-order valence-electron chi connectivity index (χ1n) is 19.9. The third-order valence-electron chi connectivity index (χ3n) is 10.7. The fraction of sp³-hybridized carbons (Fsp3) is 0.400. The number of benzene rings is 4. The van der Waals surface area contributed by atoms with Crippen molar-refractivity contribution in [1.29, 1.82) is 0 Å². The Morgan fingerprint density at radius 1 is 0.678 bits per heavy atom. The lowest BCUT2D eigenvalue weighted by Crippen LogP contribution is -2.47. The number of hydrogen-bond acceptors (Lipinski definition) is 13. The zero-order valence-electron chi connectivity index (χ0n) is 34.7. The number of carbonyl (C=O) groups is 1. The molecule has 1 saturated heterocycles. The van der Waals surface area contributed by atoms with E-state index in [4.69, 9.17) is 43.2 Å². The van der Waals surface area contributed by atoms with Crippen LogP contribution in [0.1, 0.15) is 43.4 Å².